The summed E-state index contributed by atoms with van der Waals surface area (Å²) in [7, 11) is 1.62. The fourth-order valence-electron chi connectivity index (χ4n) is 2.70. The smallest absolute Gasteiger partial charge is 0.229 e. The molecule has 3 rings (SSSR count). The molecule has 0 aliphatic rings. The second-order valence-corrected chi connectivity index (χ2v) is 7.11. The van der Waals surface area contributed by atoms with E-state index in [-0.39, 0.29) is 10.9 Å². The molecule has 9 heteroatoms. The lowest BCUT2D eigenvalue weighted by Crippen LogP contribution is -2.39. The van der Waals surface area contributed by atoms with Crippen LogP contribution in [0.4, 0.5) is 16.0 Å². The minimum atomic E-state index is -0.320. The highest BCUT2D eigenvalue weighted by atomic mass is 32.1. The summed E-state index contributed by atoms with van der Waals surface area (Å²) in [6, 6.07) is 15.4. The van der Waals surface area contributed by atoms with E-state index in [2.05, 4.69) is 30.9 Å². The van der Waals surface area contributed by atoms with Crippen molar-refractivity contribution in [1.29, 1.82) is 0 Å². The highest BCUT2D eigenvalue weighted by Crippen LogP contribution is 2.12. The molecule has 0 radical (unpaired) electrons. The number of aliphatic imine (C=N–C) groups is 1. The maximum absolute atomic E-state index is 13.1. The van der Waals surface area contributed by atoms with Crippen molar-refractivity contribution < 1.29 is 9.13 Å². The van der Waals surface area contributed by atoms with Crippen LogP contribution in [0.25, 0.3) is 0 Å². The quantitative estimate of drug-likeness (QED) is 0.313. The van der Waals surface area contributed by atoms with Crippen molar-refractivity contribution in [2.24, 2.45) is 4.99 Å². The molecule has 1 heterocycles. The molecule has 1 aromatic heterocycles. The number of nitrogens with zero attached hydrogens (tertiary/aromatic N) is 3. The lowest BCUT2D eigenvalue weighted by molar-refractivity contribution is 0.414. The summed E-state index contributed by atoms with van der Waals surface area (Å²) in [4.78, 5) is 13.4. The molecule has 0 fully saturated rings. The first-order valence-electron chi connectivity index (χ1n) is 9.51. The second kappa shape index (κ2) is 10.4. The van der Waals surface area contributed by atoms with Crippen LogP contribution in [0.3, 0.4) is 0 Å². The maximum atomic E-state index is 13.1. The lowest BCUT2D eigenvalue weighted by Gasteiger charge is -2.14. The van der Waals surface area contributed by atoms with Gasteiger partial charge in [0.2, 0.25) is 11.9 Å². The first-order valence-corrected chi connectivity index (χ1v) is 9.92. The zero-order valence-electron chi connectivity index (χ0n) is 17.4. The maximum Gasteiger partial charge on any atom is 0.229 e. The zero-order valence-corrected chi connectivity index (χ0v) is 18.3. The first kappa shape index (κ1) is 22.1. The van der Waals surface area contributed by atoms with Crippen LogP contribution in [-0.2, 0) is 6.54 Å². The van der Waals surface area contributed by atoms with Gasteiger partial charge in [-0.15, -0.1) is 0 Å². The summed E-state index contributed by atoms with van der Waals surface area (Å²) in [5.41, 5.74) is 3.30. The molecular formula is C22H23FN6OS. The van der Waals surface area contributed by atoms with Gasteiger partial charge in [-0.3, -0.25) is 5.32 Å². The van der Waals surface area contributed by atoms with Gasteiger partial charge >= 0.3 is 0 Å². The van der Waals surface area contributed by atoms with Crippen LogP contribution in [0.2, 0.25) is 0 Å². The number of halogens is 1. The van der Waals surface area contributed by atoms with Crippen LogP contribution in [0.5, 0.6) is 5.75 Å². The molecule has 0 aliphatic heterocycles. The molecule has 3 aromatic rings. The number of anilines is 2. The van der Waals surface area contributed by atoms with Crippen molar-refractivity contribution in [2.75, 3.05) is 17.7 Å². The number of rotatable bonds is 5. The molecule has 0 saturated heterocycles. The number of benzene rings is 2. The minimum absolute atomic E-state index is 0.289. The van der Waals surface area contributed by atoms with Crippen molar-refractivity contribution in [3.63, 3.8) is 0 Å². The Morgan fingerprint density at radius 2 is 1.65 bits per heavy atom. The molecule has 2 aromatic carbocycles. The van der Waals surface area contributed by atoms with E-state index in [0.717, 1.165) is 22.7 Å². The Labute approximate surface area is 185 Å². The van der Waals surface area contributed by atoms with Gasteiger partial charge in [-0.2, -0.15) is 0 Å². The average molecular weight is 439 g/mol. The largest absolute Gasteiger partial charge is 0.497 e. The molecule has 0 atom stereocenters. The molecule has 0 bridgehead atoms. The molecule has 0 amide bonds. The van der Waals surface area contributed by atoms with E-state index in [1.807, 2.05) is 44.2 Å². The van der Waals surface area contributed by atoms with Gasteiger partial charge in [-0.25, -0.2) is 19.4 Å². The van der Waals surface area contributed by atoms with Crippen LogP contribution in [0.1, 0.15) is 17.0 Å². The highest BCUT2D eigenvalue weighted by Gasteiger charge is 2.08. The van der Waals surface area contributed by atoms with Gasteiger partial charge in [0, 0.05) is 17.1 Å². The van der Waals surface area contributed by atoms with E-state index < -0.39 is 0 Å². The first-order chi connectivity index (χ1) is 14.9. The standard InChI is InChI=1S/C22H23FN6OS/c1-14-12-15(2)26-21(25-14)28-20(24-13-16-4-10-19(30-3)11-5-16)29-22(31)27-18-8-6-17(23)7-9-18/h4-12H,13H2,1-3H3,(H3,24,25,26,27,28,29,31). The van der Waals surface area contributed by atoms with E-state index in [9.17, 15) is 4.39 Å². The summed E-state index contributed by atoms with van der Waals surface area (Å²) in [6.45, 7) is 4.17. The molecule has 31 heavy (non-hydrogen) atoms. The van der Waals surface area contributed by atoms with E-state index in [0.29, 0.717) is 24.1 Å². The molecular weight excluding hydrogens is 415 g/mol. The summed E-state index contributed by atoms with van der Waals surface area (Å²) in [5, 5.41) is 9.39. The number of nitrogens with one attached hydrogen (secondary N) is 3. The number of hydrogen-bond donors (Lipinski definition) is 3. The predicted molar refractivity (Wildman–Crippen MR) is 125 cm³/mol. The number of hydrogen-bond acceptors (Lipinski definition) is 5. The monoisotopic (exact) mass is 438 g/mol. The molecule has 0 unspecified atom stereocenters. The fourth-order valence-corrected chi connectivity index (χ4v) is 2.92. The molecule has 0 saturated carbocycles. The molecule has 3 N–H and O–H groups in total. The van der Waals surface area contributed by atoms with Gasteiger partial charge in [0.15, 0.2) is 5.11 Å². The van der Waals surface area contributed by atoms with Crippen molar-refractivity contribution in [1.82, 2.24) is 15.3 Å². The van der Waals surface area contributed by atoms with Crippen LogP contribution in [0.15, 0.2) is 59.6 Å². The summed E-state index contributed by atoms with van der Waals surface area (Å²) in [6.07, 6.45) is 0. The number of ether oxygens (including phenoxy) is 1. The van der Waals surface area contributed by atoms with Gasteiger partial charge in [-0.05, 0) is 74.1 Å². The van der Waals surface area contributed by atoms with E-state index in [1.54, 1.807) is 19.2 Å². The van der Waals surface area contributed by atoms with Gasteiger partial charge in [0.05, 0.1) is 13.7 Å². The number of methoxy groups -OCH3 is 1. The van der Waals surface area contributed by atoms with Gasteiger partial charge in [0.25, 0.3) is 0 Å². The summed E-state index contributed by atoms with van der Waals surface area (Å²) >= 11 is 5.38. The van der Waals surface area contributed by atoms with Crippen LogP contribution in [-0.4, -0.2) is 28.1 Å². The van der Waals surface area contributed by atoms with E-state index in [1.165, 1.54) is 12.1 Å². The Morgan fingerprint density at radius 3 is 2.26 bits per heavy atom. The van der Waals surface area contributed by atoms with Crippen molar-refractivity contribution in [3.8, 4) is 5.75 Å². The third-order valence-electron chi connectivity index (χ3n) is 4.13. The zero-order chi connectivity index (χ0) is 22.2. The summed E-state index contributed by atoms with van der Waals surface area (Å²) in [5.74, 6) is 1.24. The van der Waals surface area contributed by atoms with Crippen molar-refractivity contribution in [2.45, 2.75) is 20.4 Å². The second-order valence-electron chi connectivity index (χ2n) is 6.70. The molecule has 7 nitrogen and oxygen atoms in total. The number of aromatic nitrogens is 2. The van der Waals surface area contributed by atoms with Crippen LogP contribution >= 0.6 is 12.2 Å². The van der Waals surface area contributed by atoms with Gasteiger partial charge in [0.1, 0.15) is 11.6 Å². The number of aryl methyl sites for hydroxylation is 2. The Balaban J connectivity index is 1.76. The highest BCUT2D eigenvalue weighted by molar-refractivity contribution is 7.80. The van der Waals surface area contributed by atoms with E-state index in [4.69, 9.17) is 17.0 Å². The van der Waals surface area contributed by atoms with Gasteiger partial charge in [-0.1, -0.05) is 12.1 Å². The fraction of sp³-hybridized carbons (Fsp3) is 0.182. The Bertz CT molecular complexity index is 1050. The third kappa shape index (κ3) is 7.00. The predicted octanol–water partition coefficient (Wildman–Crippen LogP) is 4.20. The number of guanidine groups is 1. The Kier molecular flexibility index (Phi) is 7.45. The van der Waals surface area contributed by atoms with Gasteiger partial charge < -0.3 is 15.4 Å². The van der Waals surface area contributed by atoms with Crippen LogP contribution < -0.4 is 20.7 Å². The van der Waals surface area contributed by atoms with Crippen molar-refractivity contribution in [3.05, 3.63) is 77.4 Å². The van der Waals surface area contributed by atoms with Crippen LogP contribution in [0, 0.1) is 19.7 Å². The summed E-state index contributed by atoms with van der Waals surface area (Å²) < 4.78 is 18.3. The molecule has 160 valence electrons. The molecule has 0 aliphatic carbocycles. The normalized spacial score (nSPS) is 11.0. The number of thiocarbonyl (C=S) groups is 1. The average Bonchev–Trinajstić information content (AvgIpc) is 2.73. The topological polar surface area (TPSA) is 83.5 Å². The third-order valence-corrected chi connectivity index (χ3v) is 4.33. The SMILES string of the molecule is COc1ccc(CN=C(NC(=S)Nc2ccc(F)cc2)Nc2nc(C)cc(C)n2)cc1. The van der Waals surface area contributed by atoms with E-state index >= 15 is 0 Å². The van der Waals surface area contributed by atoms with Crippen molar-refractivity contribution >= 4 is 34.9 Å². The lowest BCUT2D eigenvalue weighted by atomic mass is 10.2. The Hall–Kier alpha value is -3.59. The molecule has 0 spiro atoms. The minimum Gasteiger partial charge on any atom is -0.497 e. The Morgan fingerprint density at radius 1 is 1.00 bits per heavy atom.